The number of ether oxygens (including phenoxy) is 2. The van der Waals surface area contributed by atoms with E-state index in [4.69, 9.17) is 14.5 Å². The van der Waals surface area contributed by atoms with Gasteiger partial charge in [-0.15, -0.1) is 0 Å². The van der Waals surface area contributed by atoms with Crippen molar-refractivity contribution in [3.8, 4) is 11.5 Å². The van der Waals surface area contributed by atoms with Crippen LogP contribution < -0.4 is 9.47 Å². The van der Waals surface area contributed by atoms with Crippen LogP contribution in [0.15, 0.2) is 44.8 Å². The number of rotatable bonds is 8. The minimum absolute atomic E-state index is 0.641. The Hall–Kier alpha value is -2.38. The lowest BCUT2D eigenvalue weighted by Gasteiger charge is -2.30. The van der Waals surface area contributed by atoms with Crippen molar-refractivity contribution in [1.82, 2.24) is 9.80 Å². The molecule has 6 nitrogen and oxygen atoms in total. The van der Waals surface area contributed by atoms with Crippen molar-refractivity contribution < 1.29 is 9.47 Å². The summed E-state index contributed by atoms with van der Waals surface area (Å²) >= 11 is 3.54. The van der Waals surface area contributed by atoms with Crippen LogP contribution in [0.4, 0.5) is 11.4 Å². The van der Waals surface area contributed by atoms with Crippen molar-refractivity contribution in [3.63, 3.8) is 0 Å². The number of fused-ring (bicyclic) bond motifs is 4. The number of halogens is 1. The van der Waals surface area contributed by atoms with Gasteiger partial charge in [0.05, 0.1) is 38.0 Å². The van der Waals surface area contributed by atoms with Gasteiger partial charge in [0.15, 0.2) is 11.5 Å². The number of aliphatic imine (C=N–C) groups is 2. The van der Waals surface area contributed by atoms with Crippen molar-refractivity contribution >= 4 is 39.5 Å². The minimum atomic E-state index is 0.641. The summed E-state index contributed by atoms with van der Waals surface area (Å²) in [6, 6.07) is 10.1. The van der Waals surface area contributed by atoms with E-state index in [0.29, 0.717) is 12.4 Å². The standard InChI is InChI=1S/C23H27BrN4O2/c1-4-27(5-2)9-6-10-30-22-12-18-20(13-21(22)29-3)25-15-28-14-16-11-17(24)7-8-19(16)26-23(18)28/h7-8,11-13,15H,4-6,9-10,14H2,1-3H3. The molecular weight excluding hydrogens is 444 g/mol. The Morgan fingerprint density at radius 1 is 1.10 bits per heavy atom. The van der Waals surface area contributed by atoms with Gasteiger partial charge in [-0.25, -0.2) is 9.98 Å². The first-order valence-electron chi connectivity index (χ1n) is 10.4. The van der Waals surface area contributed by atoms with Gasteiger partial charge in [0.25, 0.3) is 0 Å². The van der Waals surface area contributed by atoms with E-state index in [9.17, 15) is 0 Å². The van der Waals surface area contributed by atoms with Gasteiger partial charge < -0.3 is 19.3 Å². The highest BCUT2D eigenvalue weighted by Gasteiger charge is 2.27. The zero-order valence-corrected chi connectivity index (χ0v) is 19.3. The SMILES string of the molecule is CCN(CC)CCCOc1cc2c(cc1OC)N=CN1Cc3cc(Br)ccc3N=C21. The molecule has 4 rings (SSSR count). The summed E-state index contributed by atoms with van der Waals surface area (Å²) in [6.45, 7) is 8.90. The van der Waals surface area contributed by atoms with E-state index in [2.05, 4.69) is 50.6 Å². The average molecular weight is 471 g/mol. The van der Waals surface area contributed by atoms with E-state index >= 15 is 0 Å². The zero-order chi connectivity index (χ0) is 21.1. The quantitative estimate of drug-likeness (QED) is 0.501. The molecule has 2 aromatic carbocycles. The van der Waals surface area contributed by atoms with E-state index < -0.39 is 0 Å². The van der Waals surface area contributed by atoms with Crippen molar-refractivity contribution in [3.05, 3.63) is 45.9 Å². The maximum atomic E-state index is 6.12. The lowest BCUT2D eigenvalue weighted by Crippen LogP contribution is -2.34. The molecule has 0 N–H and O–H groups in total. The lowest BCUT2D eigenvalue weighted by molar-refractivity contribution is 0.242. The summed E-state index contributed by atoms with van der Waals surface area (Å²) in [6.07, 6.45) is 2.81. The second-order valence-corrected chi connectivity index (χ2v) is 8.25. The second kappa shape index (κ2) is 9.18. The Labute approximate surface area is 186 Å². The first-order chi connectivity index (χ1) is 14.6. The molecule has 0 unspecified atom stereocenters. The van der Waals surface area contributed by atoms with Crippen molar-refractivity contribution in [2.75, 3.05) is 33.4 Å². The fourth-order valence-corrected chi connectivity index (χ4v) is 4.19. The Morgan fingerprint density at radius 2 is 1.93 bits per heavy atom. The van der Waals surface area contributed by atoms with Gasteiger partial charge in [0.2, 0.25) is 0 Å². The predicted octanol–water partition coefficient (Wildman–Crippen LogP) is 5.14. The largest absolute Gasteiger partial charge is 0.493 e. The van der Waals surface area contributed by atoms with Gasteiger partial charge in [-0.2, -0.15) is 0 Å². The highest BCUT2D eigenvalue weighted by Crippen LogP contribution is 2.40. The first-order valence-corrected chi connectivity index (χ1v) is 11.2. The van der Waals surface area contributed by atoms with Crippen molar-refractivity contribution in [1.29, 1.82) is 0 Å². The molecule has 0 saturated carbocycles. The van der Waals surface area contributed by atoms with Crippen LogP contribution in [0.3, 0.4) is 0 Å². The van der Waals surface area contributed by atoms with Crippen LogP contribution in [0.2, 0.25) is 0 Å². The molecule has 0 fully saturated rings. The number of hydrogen-bond acceptors (Lipinski definition) is 6. The molecule has 0 amide bonds. The second-order valence-electron chi connectivity index (χ2n) is 7.33. The number of nitrogens with zero attached hydrogens (tertiary/aromatic N) is 4. The summed E-state index contributed by atoms with van der Waals surface area (Å²) in [5.41, 5.74) is 3.97. The molecule has 0 aromatic heterocycles. The van der Waals surface area contributed by atoms with Crippen LogP contribution in [0.25, 0.3) is 0 Å². The van der Waals surface area contributed by atoms with Gasteiger partial charge in [0, 0.05) is 22.6 Å². The molecule has 2 aromatic rings. The molecule has 7 heteroatoms. The van der Waals surface area contributed by atoms with Crippen LogP contribution in [-0.4, -0.2) is 55.3 Å². The Balaban J connectivity index is 1.59. The van der Waals surface area contributed by atoms with Gasteiger partial charge >= 0.3 is 0 Å². The van der Waals surface area contributed by atoms with Gasteiger partial charge in [0.1, 0.15) is 5.84 Å². The molecule has 0 bridgehead atoms. The fourth-order valence-electron chi connectivity index (χ4n) is 3.79. The fraction of sp³-hybridized carbons (Fsp3) is 0.391. The summed E-state index contributed by atoms with van der Waals surface area (Å²) in [5.74, 6) is 2.32. The molecule has 0 aliphatic carbocycles. The van der Waals surface area contributed by atoms with E-state index in [-0.39, 0.29) is 0 Å². The summed E-state index contributed by atoms with van der Waals surface area (Å²) in [7, 11) is 1.66. The molecule has 30 heavy (non-hydrogen) atoms. The molecule has 0 saturated heterocycles. The monoisotopic (exact) mass is 470 g/mol. The zero-order valence-electron chi connectivity index (χ0n) is 17.7. The molecular formula is C23H27BrN4O2. The molecule has 0 radical (unpaired) electrons. The van der Waals surface area contributed by atoms with Crippen LogP contribution in [0.1, 0.15) is 31.4 Å². The highest BCUT2D eigenvalue weighted by atomic mass is 79.9. The highest BCUT2D eigenvalue weighted by molar-refractivity contribution is 9.10. The Bertz CT molecular complexity index is 985. The maximum Gasteiger partial charge on any atom is 0.162 e. The third kappa shape index (κ3) is 4.23. The Kier molecular flexibility index (Phi) is 6.39. The van der Waals surface area contributed by atoms with E-state index in [1.54, 1.807) is 7.11 Å². The van der Waals surface area contributed by atoms with Crippen LogP contribution in [-0.2, 0) is 6.54 Å². The molecule has 2 heterocycles. The van der Waals surface area contributed by atoms with Crippen molar-refractivity contribution in [2.24, 2.45) is 9.98 Å². The third-order valence-corrected chi connectivity index (χ3v) is 6.00. The van der Waals surface area contributed by atoms with Crippen LogP contribution in [0, 0.1) is 0 Å². The van der Waals surface area contributed by atoms with E-state index in [1.165, 1.54) is 5.56 Å². The molecule has 0 spiro atoms. The molecule has 0 atom stereocenters. The lowest BCUT2D eigenvalue weighted by atomic mass is 10.0. The number of hydrogen-bond donors (Lipinski definition) is 0. The van der Waals surface area contributed by atoms with Crippen LogP contribution >= 0.6 is 15.9 Å². The Morgan fingerprint density at radius 3 is 2.70 bits per heavy atom. The first kappa shape index (κ1) is 20.9. The predicted molar refractivity (Wildman–Crippen MR) is 125 cm³/mol. The van der Waals surface area contributed by atoms with Crippen molar-refractivity contribution in [2.45, 2.75) is 26.8 Å². The third-order valence-electron chi connectivity index (χ3n) is 5.51. The van der Waals surface area contributed by atoms with Gasteiger partial charge in [-0.1, -0.05) is 29.8 Å². The summed E-state index contributed by atoms with van der Waals surface area (Å²) < 4.78 is 12.7. The molecule has 2 aliphatic heterocycles. The van der Waals surface area contributed by atoms with E-state index in [0.717, 1.165) is 65.6 Å². The number of benzene rings is 2. The smallest absolute Gasteiger partial charge is 0.162 e. The molecule has 2 aliphatic rings. The molecule has 158 valence electrons. The maximum absolute atomic E-state index is 6.12. The topological polar surface area (TPSA) is 49.7 Å². The minimum Gasteiger partial charge on any atom is -0.493 e. The van der Waals surface area contributed by atoms with Gasteiger partial charge in [-0.3, -0.25) is 0 Å². The number of amidine groups is 1. The van der Waals surface area contributed by atoms with E-state index in [1.807, 2.05) is 30.6 Å². The number of methoxy groups -OCH3 is 1. The normalized spacial score (nSPS) is 14.2. The van der Waals surface area contributed by atoms with Crippen LogP contribution in [0.5, 0.6) is 11.5 Å². The summed E-state index contributed by atoms with van der Waals surface area (Å²) in [5, 5.41) is 0. The average Bonchev–Trinajstić information content (AvgIpc) is 2.77. The summed E-state index contributed by atoms with van der Waals surface area (Å²) in [4.78, 5) is 14.0. The van der Waals surface area contributed by atoms with Gasteiger partial charge in [-0.05, 0) is 49.3 Å².